The average molecular weight is 294 g/mol. The average Bonchev–Trinajstić information content (AvgIpc) is 2.40. The van der Waals surface area contributed by atoms with Crippen molar-refractivity contribution in [3.05, 3.63) is 23.4 Å². The second-order valence-electron chi connectivity index (χ2n) is 6.31. The topological polar surface area (TPSA) is 43.4 Å². The van der Waals surface area contributed by atoms with Gasteiger partial charge in [0.15, 0.2) is 0 Å². The third kappa shape index (κ3) is 8.02. The Balaban J connectivity index is 2.36. The maximum atomic E-state index is 5.61. The number of hydrogen-bond acceptors (Lipinski definition) is 4. The number of aromatic nitrogens is 1. The van der Waals surface area contributed by atoms with E-state index < -0.39 is 0 Å². The molecule has 1 heterocycles. The van der Waals surface area contributed by atoms with Crippen molar-refractivity contribution in [3.63, 3.8) is 0 Å². The van der Waals surface area contributed by atoms with Crippen LogP contribution < -0.4 is 10.1 Å². The Kier molecular flexibility index (Phi) is 7.68. The highest BCUT2D eigenvalue weighted by Crippen LogP contribution is 2.13. The maximum Gasteiger partial charge on any atom is 0.213 e. The van der Waals surface area contributed by atoms with Crippen LogP contribution >= 0.6 is 0 Å². The van der Waals surface area contributed by atoms with Gasteiger partial charge in [0.2, 0.25) is 5.88 Å². The van der Waals surface area contributed by atoms with Crippen molar-refractivity contribution < 1.29 is 9.47 Å². The van der Waals surface area contributed by atoms with Crippen LogP contribution in [-0.2, 0) is 11.3 Å². The highest BCUT2D eigenvalue weighted by Gasteiger charge is 2.10. The molecule has 1 rings (SSSR count). The molecule has 1 aromatic rings. The lowest BCUT2D eigenvalue weighted by molar-refractivity contribution is 0.0964. The minimum absolute atomic E-state index is 0.109. The molecule has 4 nitrogen and oxygen atoms in total. The second-order valence-corrected chi connectivity index (χ2v) is 6.31. The molecule has 0 radical (unpaired) electrons. The van der Waals surface area contributed by atoms with Crippen LogP contribution in [0.1, 0.15) is 51.8 Å². The van der Waals surface area contributed by atoms with Crippen LogP contribution in [0.4, 0.5) is 0 Å². The molecular formula is C17H30N2O2. The smallest absolute Gasteiger partial charge is 0.213 e. The zero-order chi connectivity index (χ0) is 15.7. The Morgan fingerprint density at radius 1 is 1.14 bits per heavy atom. The number of pyridine rings is 1. The minimum Gasteiger partial charge on any atom is -0.475 e. The first-order chi connectivity index (χ1) is 9.92. The van der Waals surface area contributed by atoms with Crippen LogP contribution in [0.2, 0.25) is 0 Å². The van der Waals surface area contributed by atoms with Crippen molar-refractivity contribution >= 4 is 0 Å². The number of aryl methyl sites for hydroxylation is 1. The van der Waals surface area contributed by atoms with Crippen LogP contribution in [0.25, 0.3) is 0 Å². The molecule has 0 aliphatic rings. The number of rotatable bonds is 9. The molecule has 0 spiro atoms. The van der Waals surface area contributed by atoms with Crippen molar-refractivity contribution in [1.29, 1.82) is 0 Å². The van der Waals surface area contributed by atoms with Crippen LogP contribution in [0.5, 0.6) is 5.88 Å². The van der Waals surface area contributed by atoms with Gasteiger partial charge in [0.1, 0.15) is 6.61 Å². The van der Waals surface area contributed by atoms with Gasteiger partial charge in [-0.15, -0.1) is 0 Å². The summed E-state index contributed by atoms with van der Waals surface area (Å²) in [7, 11) is 0. The van der Waals surface area contributed by atoms with Crippen molar-refractivity contribution in [2.24, 2.45) is 0 Å². The fourth-order valence-corrected chi connectivity index (χ4v) is 1.75. The van der Waals surface area contributed by atoms with E-state index in [9.17, 15) is 0 Å². The first kappa shape index (κ1) is 17.9. The van der Waals surface area contributed by atoms with E-state index >= 15 is 0 Å². The highest BCUT2D eigenvalue weighted by atomic mass is 16.5. The molecule has 1 aromatic heterocycles. The van der Waals surface area contributed by atoms with Gasteiger partial charge in [-0.2, -0.15) is 0 Å². The van der Waals surface area contributed by atoms with Crippen molar-refractivity contribution in [1.82, 2.24) is 10.3 Å². The molecule has 21 heavy (non-hydrogen) atoms. The molecule has 1 N–H and O–H groups in total. The number of hydrogen-bond donors (Lipinski definition) is 1. The van der Waals surface area contributed by atoms with E-state index in [1.807, 2.05) is 13.0 Å². The molecular weight excluding hydrogens is 264 g/mol. The van der Waals surface area contributed by atoms with Gasteiger partial charge in [-0.25, -0.2) is 4.98 Å². The Hall–Kier alpha value is -1.13. The number of nitrogens with one attached hydrogen (secondary N) is 1. The number of unbranched alkanes of at least 4 members (excludes halogenated alkanes) is 1. The summed E-state index contributed by atoms with van der Waals surface area (Å²) in [5.41, 5.74) is 2.32. The van der Waals surface area contributed by atoms with E-state index in [0.717, 1.165) is 31.7 Å². The molecule has 0 saturated heterocycles. The zero-order valence-corrected chi connectivity index (χ0v) is 14.2. The highest BCUT2D eigenvalue weighted by molar-refractivity contribution is 5.25. The quantitative estimate of drug-likeness (QED) is 0.708. The third-order valence-electron chi connectivity index (χ3n) is 3.10. The van der Waals surface area contributed by atoms with E-state index in [2.05, 4.69) is 44.1 Å². The molecule has 0 saturated carbocycles. The molecule has 4 heteroatoms. The lowest BCUT2D eigenvalue weighted by Gasteiger charge is -2.21. The summed E-state index contributed by atoms with van der Waals surface area (Å²) in [6.07, 6.45) is 2.26. The number of ether oxygens (including phenoxy) is 2. The van der Waals surface area contributed by atoms with Gasteiger partial charge in [0.25, 0.3) is 0 Å². The van der Waals surface area contributed by atoms with Gasteiger partial charge in [-0.3, -0.25) is 0 Å². The summed E-state index contributed by atoms with van der Waals surface area (Å²) in [5, 5.41) is 3.47. The number of nitrogens with zero attached hydrogens (tertiary/aromatic N) is 1. The first-order valence-corrected chi connectivity index (χ1v) is 7.84. The summed E-state index contributed by atoms with van der Waals surface area (Å²) in [6, 6.07) is 4.01. The lowest BCUT2D eigenvalue weighted by atomic mass is 10.1. The summed E-state index contributed by atoms with van der Waals surface area (Å²) in [4.78, 5) is 4.49. The third-order valence-corrected chi connectivity index (χ3v) is 3.10. The maximum absolute atomic E-state index is 5.61. The summed E-state index contributed by atoms with van der Waals surface area (Å²) >= 11 is 0. The predicted molar refractivity (Wildman–Crippen MR) is 86.8 cm³/mol. The standard InChI is InChI=1S/C17H30N2O2/c1-6-7-10-20-11-12-21-16-9-8-15(14(2)19-16)13-18-17(3,4)5/h8-9,18H,6-7,10-13H2,1-5H3. The van der Waals surface area contributed by atoms with Gasteiger partial charge in [0.05, 0.1) is 6.61 Å². The first-order valence-electron chi connectivity index (χ1n) is 7.84. The lowest BCUT2D eigenvalue weighted by Crippen LogP contribution is -2.35. The normalized spacial score (nSPS) is 11.7. The second kappa shape index (κ2) is 9.00. The fraction of sp³-hybridized carbons (Fsp3) is 0.706. The Morgan fingerprint density at radius 3 is 2.52 bits per heavy atom. The molecule has 120 valence electrons. The van der Waals surface area contributed by atoms with E-state index in [-0.39, 0.29) is 5.54 Å². The molecule has 0 aliphatic heterocycles. The SMILES string of the molecule is CCCCOCCOc1ccc(CNC(C)(C)C)c(C)n1. The van der Waals surface area contributed by atoms with Crippen molar-refractivity contribution in [3.8, 4) is 5.88 Å². The molecule has 0 atom stereocenters. The fourth-order valence-electron chi connectivity index (χ4n) is 1.75. The van der Waals surface area contributed by atoms with Gasteiger partial charge in [-0.05, 0) is 39.7 Å². The Labute approximate surface area is 129 Å². The predicted octanol–water partition coefficient (Wildman–Crippen LogP) is 3.47. The van der Waals surface area contributed by atoms with Crippen LogP contribution in [0, 0.1) is 6.92 Å². The molecule has 0 aromatic carbocycles. The van der Waals surface area contributed by atoms with Crippen LogP contribution in [-0.4, -0.2) is 30.3 Å². The molecule has 0 unspecified atom stereocenters. The Morgan fingerprint density at radius 2 is 1.90 bits per heavy atom. The molecule has 0 fully saturated rings. The van der Waals surface area contributed by atoms with Gasteiger partial charge in [0, 0.05) is 30.5 Å². The molecule has 0 amide bonds. The van der Waals surface area contributed by atoms with E-state index in [1.54, 1.807) is 0 Å². The molecule has 0 bridgehead atoms. The van der Waals surface area contributed by atoms with E-state index in [0.29, 0.717) is 19.1 Å². The van der Waals surface area contributed by atoms with Crippen molar-refractivity contribution in [2.75, 3.05) is 19.8 Å². The monoisotopic (exact) mass is 294 g/mol. The van der Waals surface area contributed by atoms with E-state index in [4.69, 9.17) is 9.47 Å². The van der Waals surface area contributed by atoms with Crippen LogP contribution in [0.3, 0.4) is 0 Å². The van der Waals surface area contributed by atoms with Gasteiger partial charge < -0.3 is 14.8 Å². The van der Waals surface area contributed by atoms with Crippen molar-refractivity contribution in [2.45, 2.75) is 59.5 Å². The zero-order valence-electron chi connectivity index (χ0n) is 14.2. The Bertz CT molecular complexity index is 414. The van der Waals surface area contributed by atoms with E-state index in [1.165, 1.54) is 5.56 Å². The van der Waals surface area contributed by atoms with Crippen LogP contribution in [0.15, 0.2) is 12.1 Å². The largest absolute Gasteiger partial charge is 0.475 e. The minimum atomic E-state index is 0.109. The van der Waals surface area contributed by atoms with Gasteiger partial charge in [-0.1, -0.05) is 19.4 Å². The summed E-state index contributed by atoms with van der Waals surface area (Å²) in [6.45, 7) is 13.5. The summed E-state index contributed by atoms with van der Waals surface area (Å²) in [5.74, 6) is 0.672. The molecule has 0 aliphatic carbocycles. The summed E-state index contributed by atoms with van der Waals surface area (Å²) < 4.78 is 11.1. The van der Waals surface area contributed by atoms with Gasteiger partial charge >= 0.3 is 0 Å².